The first-order valence-electron chi connectivity index (χ1n) is 9.59. The van der Waals surface area contributed by atoms with Gasteiger partial charge < -0.3 is 14.5 Å². The summed E-state index contributed by atoms with van der Waals surface area (Å²) in [4.78, 5) is 37.0. The van der Waals surface area contributed by atoms with Gasteiger partial charge in [0.25, 0.3) is 5.91 Å². The molecule has 1 saturated carbocycles. The van der Waals surface area contributed by atoms with Crippen LogP contribution in [0.25, 0.3) is 0 Å². The first-order chi connectivity index (χ1) is 12.7. The quantitative estimate of drug-likeness (QED) is 0.815. The summed E-state index contributed by atoms with van der Waals surface area (Å²) in [7, 11) is 0. The predicted molar refractivity (Wildman–Crippen MR) is 94.3 cm³/mol. The summed E-state index contributed by atoms with van der Waals surface area (Å²) in [5.41, 5.74) is 0.664. The number of carbonyl (C=O) groups excluding carboxylic acids is 2. The van der Waals surface area contributed by atoms with Crippen molar-refractivity contribution in [3.63, 3.8) is 0 Å². The molecule has 0 aromatic carbocycles. The number of morpholine rings is 1. The van der Waals surface area contributed by atoms with Gasteiger partial charge in [0.1, 0.15) is 5.69 Å². The molecule has 4 rings (SSSR count). The fourth-order valence-corrected chi connectivity index (χ4v) is 4.61. The van der Waals surface area contributed by atoms with Gasteiger partial charge in [-0.25, -0.2) is 4.98 Å². The van der Waals surface area contributed by atoms with Crippen LogP contribution >= 0.6 is 0 Å². The van der Waals surface area contributed by atoms with Crippen molar-refractivity contribution >= 4 is 11.8 Å². The third-order valence-corrected chi connectivity index (χ3v) is 6.47. The van der Waals surface area contributed by atoms with Gasteiger partial charge in [-0.15, -0.1) is 0 Å². The Bertz CT molecular complexity index is 652. The van der Waals surface area contributed by atoms with E-state index in [-0.39, 0.29) is 17.2 Å². The van der Waals surface area contributed by atoms with E-state index in [4.69, 9.17) is 4.74 Å². The van der Waals surface area contributed by atoms with E-state index in [2.05, 4.69) is 9.97 Å². The van der Waals surface area contributed by atoms with Crippen molar-refractivity contribution in [2.75, 3.05) is 39.4 Å². The Morgan fingerprint density at radius 1 is 1.08 bits per heavy atom. The second-order valence-corrected chi connectivity index (χ2v) is 7.68. The molecule has 1 unspecified atom stereocenters. The number of amides is 2. The normalized spacial score (nSPS) is 25.0. The number of rotatable bonds is 3. The SMILES string of the molecule is O=C(CC1CCC12CCN(C(=O)c1cnccn1)CC2)N1CCOCC1. The molecule has 26 heavy (non-hydrogen) atoms. The summed E-state index contributed by atoms with van der Waals surface area (Å²) < 4.78 is 5.33. The Kier molecular flexibility index (Phi) is 4.89. The minimum Gasteiger partial charge on any atom is -0.378 e. The van der Waals surface area contributed by atoms with Gasteiger partial charge in [0.05, 0.1) is 19.4 Å². The number of ether oxygens (including phenoxy) is 1. The van der Waals surface area contributed by atoms with Crippen LogP contribution in [-0.2, 0) is 9.53 Å². The molecule has 1 atom stereocenters. The van der Waals surface area contributed by atoms with Crippen LogP contribution in [0.4, 0.5) is 0 Å². The minimum atomic E-state index is -0.0341. The second-order valence-electron chi connectivity index (χ2n) is 7.68. The maximum atomic E-state index is 12.6. The summed E-state index contributed by atoms with van der Waals surface area (Å²) in [6.07, 6.45) is 9.60. The number of likely N-dealkylation sites (tertiary alicyclic amines) is 1. The van der Waals surface area contributed by atoms with Crippen LogP contribution in [0.5, 0.6) is 0 Å². The van der Waals surface area contributed by atoms with Crippen molar-refractivity contribution < 1.29 is 14.3 Å². The Morgan fingerprint density at radius 2 is 1.85 bits per heavy atom. The van der Waals surface area contributed by atoms with Crippen molar-refractivity contribution in [3.05, 3.63) is 24.3 Å². The molecule has 0 N–H and O–H groups in total. The Hall–Kier alpha value is -2.02. The van der Waals surface area contributed by atoms with Crippen molar-refractivity contribution in [2.24, 2.45) is 11.3 Å². The van der Waals surface area contributed by atoms with Crippen molar-refractivity contribution in [2.45, 2.75) is 32.1 Å². The van der Waals surface area contributed by atoms with Gasteiger partial charge in [-0.2, -0.15) is 0 Å². The number of carbonyl (C=O) groups is 2. The number of nitrogens with zero attached hydrogens (tertiary/aromatic N) is 4. The maximum Gasteiger partial charge on any atom is 0.274 e. The molecular formula is C19H26N4O3. The van der Waals surface area contributed by atoms with Gasteiger partial charge in [-0.1, -0.05) is 0 Å². The first kappa shape index (κ1) is 17.4. The van der Waals surface area contributed by atoms with Gasteiger partial charge in [0, 0.05) is 45.0 Å². The van der Waals surface area contributed by atoms with Crippen molar-refractivity contribution in [1.29, 1.82) is 0 Å². The van der Waals surface area contributed by atoms with E-state index in [0.29, 0.717) is 31.2 Å². The monoisotopic (exact) mass is 358 g/mol. The van der Waals surface area contributed by atoms with E-state index in [0.717, 1.165) is 45.4 Å². The van der Waals surface area contributed by atoms with E-state index < -0.39 is 0 Å². The first-order valence-corrected chi connectivity index (χ1v) is 9.59. The van der Waals surface area contributed by atoms with E-state index in [1.165, 1.54) is 12.6 Å². The number of aromatic nitrogens is 2. The summed E-state index contributed by atoms with van der Waals surface area (Å²) in [5.74, 6) is 0.704. The molecule has 2 saturated heterocycles. The smallest absolute Gasteiger partial charge is 0.274 e. The zero-order valence-electron chi connectivity index (χ0n) is 15.1. The number of hydrogen-bond donors (Lipinski definition) is 0. The molecule has 140 valence electrons. The zero-order valence-corrected chi connectivity index (χ0v) is 15.1. The molecule has 3 fully saturated rings. The van der Waals surface area contributed by atoms with E-state index in [1.54, 1.807) is 12.4 Å². The lowest BCUT2D eigenvalue weighted by molar-refractivity contribution is -0.141. The third kappa shape index (κ3) is 3.32. The van der Waals surface area contributed by atoms with Crippen LogP contribution in [0.1, 0.15) is 42.6 Å². The average molecular weight is 358 g/mol. The topological polar surface area (TPSA) is 75.6 Å². The lowest BCUT2D eigenvalue weighted by Gasteiger charge is -2.54. The summed E-state index contributed by atoms with van der Waals surface area (Å²) in [6.45, 7) is 4.25. The molecular weight excluding hydrogens is 332 g/mol. The van der Waals surface area contributed by atoms with Crippen LogP contribution in [0.2, 0.25) is 0 Å². The van der Waals surface area contributed by atoms with Gasteiger partial charge >= 0.3 is 0 Å². The minimum absolute atomic E-state index is 0.0341. The third-order valence-electron chi connectivity index (χ3n) is 6.47. The zero-order chi connectivity index (χ0) is 18.0. The largest absolute Gasteiger partial charge is 0.378 e. The lowest BCUT2D eigenvalue weighted by Crippen LogP contribution is -2.52. The van der Waals surface area contributed by atoms with Crippen LogP contribution < -0.4 is 0 Å². The average Bonchev–Trinajstić information content (AvgIpc) is 2.72. The van der Waals surface area contributed by atoms with Crippen LogP contribution in [-0.4, -0.2) is 71.0 Å². The Balaban J connectivity index is 1.32. The highest BCUT2D eigenvalue weighted by Gasteiger charge is 2.49. The lowest BCUT2D eigenvalue weighted by atomic mass is 9.54. The van der Waals surface area contributed by atoms with E-state index in [9.17, 15) is 9.59 Å². The summed E-state index contributed by atoms with van der Waals surface area (Å²) in [5, 5.41) is 0. The van der Waals surface area contributed by atoms with E-state index in [1.807, 2.05) is 9.80 Å². The second kappa shape index (κ2) is 7.31. The van der Waals surface area contributed by atoms with Gasteiger partial charge in [0.2, 0.25) is 5.91 Å². The fraction of sp³-hybridized carbons (Fsp3) is 0.684. The number of hydrogen-bond acceptors (Lipinski definition) is 5. The molecule has 0 radical (unpaired) electrons. The van der Waals surface area contributed by atoms with E-state index >= 15 is 0 Å². The highest BCUT2D eigenvalue weighted by molar-refractivity contribution is 5.92. The van der Waals surface area contributed by atoms with Gasteiger partial charge in [0.15, 0.2) is 0 Å². The van der Waals surface area contributed by atoms with Gasteiger partial charge in [-0.05, 0) is 37.0 Å². The van der Waals surface area contributed by atoms with Gasteiger partial charge in [-0.3, -0.25) is 14.6 Å². The molecule has 1 aromatic heterocycles. The summed E-state index contributed by atoms with van der Waals surface area (Å²) in [6, 6.07) is 0. The highest BCUT2D eigenvalue weighted by Crippen LogP contribution is 2.55. The predicted octanol–water partition coefficient (Wildman–Crippen LogP) is 1.36. The van der Waals surface area contributed by atoms with Crippen LogP contribution in [0.15, 0.2) is 18.6 Å². The molecule has 0 bridgehead atoms. The molecule has 7 heteroatoms. The Labute approximate surface area is 153 Å². The van der Waals surface area contributed by atoms with Crippen molar-refractivity contribution in [1.82, 2.24) is 19.8 Å². The summed E-state index contributed by atoms with van der Waals surface area (Å²) >= 11 is 0. The van der Waals surface area contributed by atoms with Crippen LogP contribution in [0, 0.1) is 11.3 Å². The molecule has 3 aliphatic rings. The molecule has 3 heterocycles. The molecule has 7 nitrogen and oxygen atoms in total. The molecule has 1 aliphatic carbocycles. The number of piperidine rings is 1. The molecule has 1 spiro atoms. The van der Waals surface area contributed by atoms with Crippen molar-refractivity contribution in [3.8, 4) is 0 Å². The molecule has 2 aliphatic heterocycles. The maximum absolute atomic E-state index is 12.6. The van der Waals surface area contributed by atoms with Crippen LogP contribution in [0.3, 0.4) is 0 Å². The standard InChI is InChI=1S/C19H26N4O3/c24-17(22-9-11-26-12-10-22)13-15-1-2-19(15)3-7-23(8-4-19)18(25)16-14-20-5-6-21-16/h5-6,14-15H,1-4,7-13H2. The molecule has 2 amide bonds. The highest BCUT2D eigenvalue weighted by atomic mass is 16.5. The molecule has 1 aromatic rings. The Morgan fingerprint density at radius 3 is 2.46 bits per heavy atom. The fourth-order valence-electron chi connectivity index (χ4n) is 4.61.